The van der Waals surface area contributed by atoms with Gasteiger partial charge in [0.15, 0.2) is 8.32 Å². The molecule has 0 radical (unpaired) electrons. The van der Waals surface area contributed by atoms with Crippen molar-refractivity contribution in [3.63, 3.8) is 0 Å². The van der Waals surface area contributed by atoms with Crippen molar-refractivity contribution in [3.05, 3.63) is 23.3 Å². The van der Waals surface area contributed by atoms with E-state index in [0.29, 0.717) is 35.4 Å². The number of hydrogen-bond acceptors (Lipinski definition) is 2. The van der Waals surface area contributed by atoms with Gasteiger partial charge in [0.1, 0.15) is 0 Å². The zero-order valence-electron chi connectivity index (χ0n) is 21.6. The summed E-state index contributed by atoms with van der Waals surface area (Å²) < 4.78 is 6.87. The van der Waals surface area contributed by atoms with Crippen molar-refractivity contribution in [1.82, 2.24) is 0 Å². The molecule has 0 bridgehead atoms. The summed E-state index contributed by atoms with van der Waals surface area (Å²) in [5, 5.41) is 10.1. The predicted molar refractivity (Wildman–Crippen MR) is 133 cm³/mol. The Bertz CT molecular complexity index is 759. The Morgan fingerprint density at radius 1 is 1.06 bits per heavy atom. The molecule has 1 N–H and O–H groups in total. The third-order valence-corrected chi connectivity index (χ3v) is 15.4. The highest BCUT2D eigenvalue weighted by Gasteiger charge is 2.57. The molecular formula is C28H48O2Si. The van der Waals surface area contributed by atoms with Crippen molar-refractivity contribution in [3.8, 4) is 0 Å². The van der Waals surface area contributed by atoms with E-state index < -0.39 is 8.32 Å². The highest BCUT2D eigenvalue weighted by molar-refractivity contribution is 6.74. The highest BCUT2D eigenvalue weighted by Crippen LogP contribution is 2.66. The first-order valence-electron chi connectivity index (χ1n) is 13.0. The van der Waals surface area contributed by atoms with Crippen LogP contribution in [0.5, 0.6) is 0 Å². The number of aliphatic hydroxyl groups is 1. The third kappa shape index (κ3) is 3.75. The lowest BCUT2D eigenvalue weighted by Crippen LogP contribution is -2.49. The minimum absolute atomic E-state index is 0.278. The van der Waals surface area contributed by atoms with E-state index in [9.17, 15) is 5.11 Å². The maximum atomic E-state index is 9.85. The topological polar surface area (TPSA) is 29.5 Å². The number of rotatable bonds is 4. The van der Waals surface area contributed by atoms with Crippen LogP contribution in [-0.4, -0.2) is 26.1 Å². The first kappa shape index (κ1) is 23.8. The van der Waals surface area contributed by atoms with Crippen molar-refractivity contribution < 1.29 is 9.53 Å². The summed E-state index contributed by atoms with van der Waals surface area (Å²) in [5.41, 5.74) is 4.14. The molecule has 7 atom stereocenters. The van der Waals surface area contributed by atoms with Crippen LogP contribution in [-0.2, 0) is 4.43 Å². The highest BCUT2D eigenvalue weighted by atomic mass is 28.4. The number of hydrogen-bond donors (Lipinski definition) is 1. The van der Waals surface area contributed by atoms with E-state index in [-0.39, 0.29) is 5.04 Å². The normalized spacial score (nSPS) is 41.6. The Morgan fingerprint density at radius 2 is 1.77 bits per heavy atom. The van der Waals surface area contributed by atoms with Gasteiger partial charge < -0.3 is 9.53 Å². The molecule has 4 unspecified atom stereocenters. The molecule has 2 nitrogen and oxygen atoms in total. The van der Waals surface area contributed by atoms with Crippen molar-refractivity contribution in [2.75, 3.05) is 6.61 Å². The summed E-state index contributed by atoms with van der Waals surface area (Å²) in [5.74, 6) is 2.56. The molecule has 0 aromatic rings. The maximum absolute atomic E-state index is 9.85. The van der Waals surface area contributed by atoms with Crippen molar-refractivity contribution in [2.24, 2.45) is 34.5 Å². The van der Waals surface area contributed by atoms with Crippen LogP contribution in [0.1, 0.15) is 86.5 Å². The van der Waals surface area contributed by atoms with Crippen molar-refractivity contribution >= 4 is 8.32 Å². The van der Waals surface area contributed by atoms with Crippen LogP contribution < -0.4 is 0 Å². The Hall–Kier alpha value is -0.383. The Kier molecular flexibility index (Phi) is 6.01. The molecule has 31 heavy (non-hydrogen) atoms. The average Bonchev–Trinajstić information content (AvgIpc) is 3.04. The van der Waals surface area contributed by atoms with Crippen molar-refractivity contribution in [1.29, 1.82) is 0 Å². The summed E-state index contributed by atoms with van der Waals surface area (Å²) >= 11 is 0. The molecular weight excluding hydrogens is 396 g/mol. The molecule has 0 aliphatic heterocycles. The van der Waals surface area contributed by atoms with E-state index in [1.807, 2.05) is 0 Å². The zero-order chi connectivity index (χ0) is 22.8. The van der Waals surface area contributed by atoms with E-state index in [1.54, 1.807) is 11.1 Å². The van der Waals surface area contributed by atoms with Gasteiger partial charge in [-0.2, -0.15) is 0 Å². The van der Waals surface area contributed by atoms with E-state index in [4.69, 9.17) is 4.43 Å². The van der Waals surface area contributed by atoms with Gasteiger partial charge in [-0.3, -0.25) is 0 Å². The van der Waals surface area contributed by atoms with Gasteiger partial charge in [-0.1, -0.05) is 64.8 Å². The quantitative estimate of drug-likeness (QED) is 0.455. The second kappa shape index (κ2) is 7.84. The molecule has 4 rings (SSSR count). The smallest absolute Gasteiger partial charge is 0.192 e. The van der Waals surface area contributed by atoms with Gasteiger partial charge >= 0.3 is 0 Å². The largest absolute Gasteiger partial charge is 0.414 e. The van der Waals surface area contributed by atoms with Crippen LogP contribution in [0, 0.1) is 34.5 Å². The Morgan fingerprint density at radius 3 is 2.42 bits per heavy atom. The fraction of sp³-hybridized carbons (Fsp3) is 0.857. The average molecular weight is 445 g/mol. The van der Waals surface area contributed by atoms with Crippen molar-refractivity contribution in [2.45, 2.75) is 111 Å². The summed E-state index contributed by atoms with van der Waals surface area (Å²) in [6.45, 7) is 19.6. The summed E-state index contributed by atoms with van der Waals surface area (Å²) in [6, 6.07) is 0. The minimum Gasteiger partial charge on any atom is -0.414 e. The predicted octanol–water partition coefficient (Wildman–Crippen LogP) is 7.50. The first-order valence-corrected chi connectivity index (χ1v) is 15.9. The molecule has 3 fully saturated rings. The van der Waals surface area contributed by atoms with E-state index in [0.717, 1.165) is 18.3 Å². The summed E-state index contributed by atoms with van der Waals surface area (Å²) in [7, 11) is -1.72. The van der Waals surface area contributed by atoms with Gasteiger partial charge in [-0.15, -0.1) is 0 Å². The summed E-state index contributed by atoms with van der Waals surface area (Å²) in [6.07, 6.45) is 14.4. The lowest BCUT2D eigenvalue weighted by molar-refractivity contribution is 0.0261. The Balaban J connectivity index is 1.57. The SMILES string of the molecule is CC(CO)C1CCC2C3=CC=C4C[C@@H](O[Si](C)(C)C(C)(C)C)CC[C@]4(C)C3CC[C@@]21C. The molecule has 0 heterocycles. The molecule has 0 aromatic carbocycles. The first-order chi connectivity index (χ1) is 14.3. The maximum Gasteiger partial charge on any atom is 0.192 e. The molecule has 0 amide bonds. The molecule has 4 aliphatic carbocycles. The molecule has 0 aromatic heterocycles. The lowest BCUT2D eigenvalue weighted by atomic mass is 9.50. The molecule has 0 saturated heterocycles. The molecule has 0 spiro atoms. The van der Waals surface area contributed by atoms with E-state index in [1.165, 1.54) is 38.5 Å². The zero-order valence-corrected chi connectivity index (χ0v) is 22.6. The standard InChI is InChI=1S/C28H48O2Si/c1-19(18-29)23-11-12-24-22-10-9-20-17-21(30-31(7,8)26(2,3)4)13-15-27(20,5)25(22)14-16-28(23,24)6/h9-10,19,21,23-25,29H,11-18H2,1-8H3/t19?,21-,23?,24?,25?,27-,28+/m0/s1. The van der Waals surface area contributed by atoms with Crippen LogP contribution in [0.25, 0.3) is 0 Å². The molecule has 3 saturated carbocycles. The minimum atomic E-state index is -1.72. The van der Waals surface area contributed by atoms with Gasteiger partial charge in [-0.25, -0.2) is 0 Å². The molecule has 3 heteroatoms. The van der Waals surface area contributed by atoms with Crippen LogP contribution in [0.15, 0.2) is 23.3 Å². The molecule has 4 aliphatic rings. The number of allylic oxidation sites excluding steroid dienone is 3. The van der Waals surface area contributed by atoms with Crippen LogP contribution >= 0.6 is 0 Å². The monoisotopic (exact) mass is 444 g/mol. The molecule has 176 valence electrons. The second-order valence-corrected chi connectivity index (χ2v) is 18.3. The fourth-order valence-corrected chi connectivity index (χ4v) is 9.15. The number of aliphatic hydroxyl groups excluding tert-OH is 1. The van der Waals surface area contributed by atoms with Crippen LogP contribution in [0.4, 0.5) is 0 Å². The number of fused-ring (bicyclic) bond motifs is 5. The van der Waals surface area contributed by atoms with Gasteiger partial charge in [0.25, 0.3) is 0 Å². The van der Waals surface area contributed by atoms with E-state index >= 15 is 0 Å². The Labute approximate surface area is 193 Å². The van der Waals surface area contributed by atoms with Gasteiger partial charge in [0, 0.05) is 12.7 Å². The van der Waals surface area contributed by atoms with Crippen LogP contribution in [0.2, 0.25) is 18.1 Å². The third-order valence-electron chi connectivity index (χ3n) is 10.8. The summed E-state index contributed by atoms with van der Waals surface area (Å²) in [4.78, 5) is 0. The van der Waals surface area contributed by atoms with Gasteiger partial charge in [-0.05, 0) is 97.6 Å². The van der Waals surface area contributed by atoms with Gasteiger partial charge in [0.2, 0.25) is 0 Å². The van der Waals surface area contributed by atoms with Gasteiger partial charge in [0.05, 0.1) is 0 Å². The van der Waals surface area contributed by atoms with E-state index in [2.05, 4.69) is 66.8 Å². The second-order valence-electron chi connectivity index (χ2n) is 13.5. The lowest BCUT2D eigenvalue weighted by Gasteiger charge is -2.55. The fourth-order valence-electron chi connectivity index (χ4n) is 7.77. The van der Waals surface area contributed by atoms with Crippen LogP contribution in [0.3, 0.4) is 0 Å².